The molecule has 1 N–H and O–H groups in total. The Hall–Kier alpha value is -3.19. The van der Waals surface area contributed by atoms with Crippen LogP contribution in [0.2, 0.25) is 0 Å². The summed E-state index contributed by atoms with van der Waals surface area (Å²) in [5.74, 6) is 0. The van der Waals surface area contributed by atoms with Gasteiger partial charge in [0.15, 0.2) is 0 Å². The van der Waals surface area contributed by atoms with Gasteiger partial charge in [-0.25, -0.2) is 9.97 Å². The molecule has 0 fully saturated rings. The highest BCUT2D eigenvalue weighted by Gasteiger charge is 2.17. The summed E-state index contributed by atoms with van der Waals surface area (Å²) in [6, 6.07) is 9.81. The average molecular weight is 361 g/mol. The number of hydrogen-bond acceptors (Lipinski definition) is 5. The molecule has 7 heteroatoms. The highest BCUT2D eigenvalue weighted by molar-refractivity contribution is 7.25. The van der Waals surface area contributed by atoms with Crippen molar-refractivity contribution < 1.29 is 0 Å². The van der Waals surface area contributed by atoms with Crippen LogP contribution < -0.4 is 10.5 Å². The van der Waals surface area contributed by atoms with Crippen molar-refractivity contribution in [2.45, 2.75) is 0 Å². The molecule has 0 spiro atoms. The summed E-state index contributed by atoms with van der Waals surface area (Å²) in [4.78, 5) is 28.2. The Morgan fingerprint density at radius 3 is 2.88 bits per heavy atom. The van der Waals surface area contributed by atoms with Crippen molar-refractivity contribution >= 4 is 48.4 Å². The molecular weight excluding hydrogens is 346 g/mol. The molecular formula is C19H15N5OS. The first-order chi connectivity index (χ1) is 12.6. The fourth-order valence-corrected chi connectivity index (χ4v) is 4.33. The smallest absolute Gasteiger partial charge is 0.275 e. The lowest BCUT2D eigenvalue weighted by Gasteiger charge is -2.13. The number of pyridine rings is 1. The summed E-state index contributed by atoms with van der Waals surface area (Å²) in [6.07, 6.45) is 5.27. The molecule has 0 atom stereocenters. The number of rotatable bonds is 2. The Kier molecular flexibility index (Phi) is 3.14. The van der Waals surface area contributed by atoms with Crippen molar-refractivity contribution in [2.24, 2.45) is 0 Å². The van der Waals surface area contributed by atoms with E-state index in [1.165, 1.54) is 11.3 Å². The Balaban J connectivity index is 1.81. The topological polar surface area (TPSA) is 66.8 Å². The van der Waals surface area contributed by atoms with Gasteiger partial charge in [-0.05, 0) is 30.3 Å². The van der Waals surface area contributed by atoms with Gasteiger partial charge in [0.25, 0.3) is 5.56 Å². The number of benzene rings is 1. The summed E-state index contributed by atoms with van der Waals surface area (Å²) >= 11 is 1.39. The Morgan fingerprint density at radius 1 is 1.15 bits per heavy atom. The standard InChI is InChI=1S/C19H15N5OS/c1-23(2)14-6-8-21-18-15(14)16-17(26-18)19(25)24(10-22-16)12-3-4-13-11(9-12)5-7-20-13/h3-10,20H,1-2H3. The number of fused-ring (bicyclic) bond motifs is 4. The maximum atomic E-state index is 13.1. The third-order valence-electron chi connectivity index (χ3n) is 4.56. The molecule has 0 unspecified atom stereocenters. The van der Waals surface area contributed by atoms with Crippen molar-refractivity contribution in [3.63, 3.8) is 0 Å². The zero-order chi connectivity index (χ0) is 17.8. The van der Waals surface area contributed by atoms with E-state index in [-0.39, 0.29) is 5.56 Å². The minimum atomic E-state index is -0.0717. The molecule has 4 aromatic heterocycles. The van der Waals surface area contributed by atoms with Crippen LogP contribution in [0.3, 0.4) is 0 Å². The lowest BCUT2D eigenvalue weighted by atomic mass is 10.2. The molecule has 128 valence electrons. The molecule has 0 saturated heterocycles. The molecule has 0 aliphatic rings. The lowest BCUT2D eigenvalue weighted by Crippen LogP contribution is -2.17. The Morgan fingerprint density at radius 2 is 2.04 bits per heavy atom. The fourth-order valence-electron chi connectivity index (χ4n) is 3.28. The van der Waals surface area contributed by atoms with E-state index in [9.17, 15) is 4.79 Å². The van der Waals surface area contributed by atoms with E-state index in [0.717, 1.165) is 32.5 Å². The maximum Gasteiger partial charge on any atom is 0.275 e. The maximum absolute atomic E-state index is 13.1. The highest BCUT2D eigenvalue weighted by atomic mass is 32.1. The van der Waals surface area contributed by atoms with Gasteiger partial charge in [0.1, 0.15) is 15.9 Å². The van der Waals surface area contributed by atoms with Crippen molar-refractivity contribution in [1.29, 1.82) is 0 Å². The van der Waals surface area contributed by atoms with Crippen LogP contribution in [-0.2, 0) is 0 Å². The molecule has 1 aromatic carbocycles. The first kappa shape index (κ1) is 15.1. The minimum absolute atomic E-state index is 0.0717. The molecule has 6 nitrogen and oxygen atoms in total. The number of thiophene rings is 1. The second-order valence-electron chi connectivity index (χ2n) is 6.35. The van der Waals surface area contributed by atoms with Crippen LogP contribution in [0.4, 0.5) is 5.69 Å². The van der Waals surface area contributed by atoms with Crippen LogP contribution in [-0.4, -0.2) is 33.6 Å². The molecule has 0 bridgehead atoms. The molecule has 26 heavy (non-hydrogen) atoms. The number of H-pyrrole nitrogens is 1. The summed E-state index contributed by atoms with van der Waals surface area (Å²) in [7, 11) is 3.96. The van der Waals surface area contributed by atoms with Gasteiger partial charge in [-0.1, -0.05) is 0 Å². The van der Waals surface area contributed by atoms with Gasteiger partial charge in [-0.15, -0.1) is 11.3 Å². The van der Waals surface area contributed by atoms with Crippen LogP contribution in [0.5, 0.6) is 0 Å². The summed E-state index contributed by atoms with van der Waals surface area (Å²) in [5, 5.41) is 1.99. The van der Waals surface area contributed by atoms with E-state index >= 15 is 0 Å². The number of aromatic amines is 1. The molecule has 0 aliphatic heterocycles. The monoisotopic (exact) mass is 361 g/mol. The summed E-state index contributed by atoms with van der Waals surface area (Å²) < 4.78 is 2.22. The van der Waals surface area contributed by atoms with Gasteiger partial charge >= 0.3 is 0 Å². The molecule has 5 aromatic rings. The largest absolute Gasteiger partial charge is 0.377 e. The van der Waals surface area contributed by atoms with Gasteiger partial charge < -0.3 is 9.88 Å². The second-order valence-corrected chi connectivity index (χ2v) is 7.35. The fraction of sp³-hybridized carbons (Fsp3) is 0.105. The third-order valence-corrected chi connectivity index (χ3v) is 5.63. The lowest BCUT2D eigenvalue weighted by molar-refractivity contribution is 0.969. The number of hydrogen-bond donors (Lipinski definition) is 1. The zero-order valence-electron chi connectivity index (χ0n) is 14.2. The second kappa shape index (κ2) is 5.40. The van der Waals surface area contributed by atoms with Crippen LogP contribution in [0.25, 0.3) is 37.0 Å². The quantitative estimate of drug-likeness (QED) is 0.522. The van der Waals surface area contributed by atoms with E-state index < -0.39 is 0 Å². The van der Waals surface area contributed by atoms with Crippen LogP contribution in [0.1, 0.15) is 0 Å². The minimum Gasteiger partial charge on any atom is -0.377 e. The summed E-state index contributed by atoms with van der Waals surface area (Å²) in [5.41, 5.74) is 3.50. The number of anilines is 1. The van der Waals surface area contributed by atoms with Gasteiger partial charge in [0, 0.05) is 37.4 Å². The number of aromatic nitrogens is 4. The SMILES string of the molecule is CN(C)c1ccnc2sc3c(=O)n(-c4ccc5[nH]ccc5c4)cnc3c12. The molecule has 0 radical (unpaired) electrons. The van der Waals surface area contributed by atoms with Crippen LogP contribution in [0, 0.1) is 0 Å². The van der Waals surface area contributed by atoms with Gasteiger partial charge in [-0.2, -0.15) is 0 Å². The predicted molar refractivity (Wildman–Crippen MR) is 107 cm³/mol. The Labute approximate surface area is 152 Å². The average Bonchev–Trinajstić information content (AvgIpc) is 3.25. The summed E-state index contributed by atoms with van der Waals surface area (Å²) in [6.45, 7) is 0. The third kappa shape index (κ3) is 2.07. The van der Waals surface area contributed by atoms with Crippen LogP contribution in [0.15, 0.2) is 53.8 Å². The normalized spacial score (nSPS) is 11.6. The molecule has 4 heterocycles. The predicted octanol–water partition coefficient (Wildman–Crippen LogP) is 3.54. The molecule has 0 aliphatic carbocycles. The first-order valence-corrected chi connectivity index (χ1v) is 8.99. The van der Waals surface area contributed by atoms with Gasteiger partial charge in [-0.3, -0.25) is 9.36 Å². The molecule has 5 rings (SSSR count). The number of nitrogens with zero attached hydrogens (tertiary/aromatic N) is 4. The molecule has 0 amide bonds. The van der Waals surface area contributed by atoms with E-state index in [0.29, 0.717) is 10.2 Å². The highest BCUT2D eigenvalue weighted by Crippen LogP contribution is 2.35. The Bertz CT molecular complexity index is 1340. The van der Waals surface area contributed by atoms with Crippen molar-refractivity contribution in [2.75, 3.05) is 19.0 Å². The van der Waals surface area contributed by atoms with Crippen molar-refractivity contribution in [3.8, 4) is 5.69 Å². The van der Waals surface area contributed by atoms with Gasteiger partial charge in [0.05, 0.1) is 22.3 Å². The van der Waals surface area contributed by atoms with Crippen molar-refractivity contribution in [1.82, 2.24) is 19.5 Å². The van der Waals surface area contributed by atoms with Gasteiger partial charge in [0.2, 0.25) is 0 Å². The van der Waals surface area contributed by atoms with E-state index in [1.54, 1.807) is 17.1 Å². The van der Waals surface area contributed by atoms with Crippen LogP contribution >= 0.6 is 11.3 Å². The first-order valence-electron chi connectivity index (χ1n) is 8.17. The van der Waals surface area contributed by atoms with Crippen molar-refractivity contribution in [3.05, 3.63) is 59.4 Å². The van der Waals surface area contributed by atoms with E-state index in [4.69, 9.17) is 0 Å². The molecule has 0 saturated carbocycles. The zero-order valence-corrected chi connectivity index (χ0v) is 15.0. The van der Waals surface area contributed by atoms with E-state index in [2.05, 4.69) is 15.0 Å². The van der Waals surface area contributed by atoms with E-state index in [1.807, 2.05) is 55.5 Å². The number of nitrogens with one attached hydrogen (secondary N) is 1.